The van der Waals surface area contributed by atoms with E-state index < -0.39 is 21.7 Å². The van der Waals surface area contributed by atoms with Crippen molar-refractivity contribution in [2.75, 3.05) is 14.1 Å². The maximum atomic E-state index is 11.6. The summed E-state index contributed by atoms with van der Waals surface area (Å²) in [5.41, 5.74) is -3.25. The highest BCUT2D eigenvalue weighted by Gasteiger charge is 2.56. The van der Waals surface area contributed by atoms with E-state index in [1.807, 2.05) is 0 Å². The van der Waals surface area contributed by atoms with Gasteiger partial charge in [-0.05, 0) is 19.3 Å². The van der Waals surface area contributed by atoms with Gasteiger partial charge in [-0.25, -0.2) is 9.71 Å². The molecule has 0 radical (unpaired) electrons. The SMILES string of the molecule is CN(C)S(=O)(=O)NC1=N[C@]2(O)CCCC[C@]2(O)N1. The van der Waals surface area contributed by atoms with E-state index in [-0.39, 0.29) is 5.96 Å². The molecule has 0 aromatic heterocycles. The number of nitrogens with one attached hydrogen (secondary N) is 2. The Morgan fingerprint density at radius 3 is 2.50 bits per heavy atom. The van der Waals surface area contributed by atoms with Gasteiger partial charge in [-0.3, -0.25) is 0 Å². The van der Waals surface area contributed by atoms with E-state index in [9.17, 15) is 18.6 Å². The topological polar surface area (TPSA) is 114 Å². The molecule has 4 N–H and O–H groups in total. The average Bonchev–Trinajstić information content (AvgIpc) is 2.47. The van der Waals surface area contributed by atoms with Crippen LogP contribution in [0.25, 0.3) is 0 Å². The highest BCUT2D eigenvalue weighted by atomic mass is 32.2. The van der Waals surface area contributed by atoms with Crippen LogP contribution in [0.1, 0.15) is 25.7 Å². The first-order valence-electron chi connectivity index (χ1n) is 5.72. The Balaban J connectivity index is 2.21. The maximum absolute atomic E-state index is 11.6. The van der Waals surface area contributed by atoms with Crippen LogP contribution in [0.5, 0.6) is 0 Å². The Kier molecular flexibility index (Phi) is 3.05. The molecule has 0 spiro atoms. The van der Waals surface area contributed by atoms with Crippen LogP contribution in [0.15, 0.2) is 4.99 Å². The lowest BCUT2D eigenvalue weighted by molar-refractivity contribution is -0.168. The Hall–Kier alpha value is -0.900. The smallest absolute Gasteiger partial charge is 0.303 e. The Labute approximate surface area is 106 Å². The summed E-state index contributed by atoms with van der Waals surface area (Å²) in [6, 6.07) is 0. The lowest BCUT2D eigenvalue weighted by Crippen LogP contribution is -2.61. The number of rotatable bonds is 2. The molecule has 9 heteroatoms. The van der Waals surface area contributed by atoms with Gasteiger partial charge in [-0.1, -0.05) is 0 Å². The second kappa shape index (κ2) is 4.05. The number of nitrogens with zero attached hydrogens (tertiary/aromatic N) is 2. The molecular weight excluding hydrogens is 260 g/mol. The summed E-state index contributed by atoms with van der Waals surface area (Å²) in [6.45, 7) is 0. The fourth-order valence-corrected chi connectivity index (χ4v) is 2.66. The van der Waals surface area contributed by atoms with Crippen molar-refractivity contribution in [3.63, 3.8) is 0 Å². The molecule has 1 heterocycles. The molecule has 104 valence electrons. The first-order valence-corrected chi connectivity index (χ1v) is 7.16. The number of aliphatic hydroxyl groups is 2. The molecule has 0 bridgehead atoms. The van der Waals surface area contributed by atoms with Crippen molar-refractivity contribution in [1.29, 1.82) is 0 Å². The van der Waals surface area contributed by atoms with Gasteiger partial charge in [0.1, 0.15) is 0 Å². The minimum atomic E-state index is -3.71. The summed E-state index contributed by atoms with van der Waals surface area (Å²) in [7, 11) is -0.971. The summed E-state index contributed by atoms with van der Waals surface area (Å²) in [6.07, 6.45) is 2.09. The number of aliphatic imine (C=N–C) groups is 1. The molecule has 0 aromatic rings. The van der Waals surface area contributed by atoms with E-state index in [0.717, 1.165) is 17.1 Å². The van der Waals surface area contributed by atoms with Crippen molar-refractivity contribution < 1.29 is 18.6 Å². The van der Waals surface area contributed by atoms with E-state index in [1.165, 1.54) is 14.1 Å². The molecule has 0 saturated heterocycles. The van der Waals surface area contributed by atoms with Gasteiger partial charge in [0.15, 0.2) is 5.72 Å². The van der Waals surface area contributed by atoms with Gasteiger partial charge in [0, 0.05) is 20.5 Å². The van der Waals surface area contributed by atoms with Gasteiger partial charge < -0.3 is 15.5 Å². The molecule has 0 aromatic carbocycles. The average molecular weight is 278 g/mol. The van der Waals surface area contributed by atoms with Gasteiger partial charge in [0.05, 0.1) is 0 Å². The lowest BCUT2D eigenvalue weighted by Gasteiger charge is -2.39. The first kappa shape index (κ1) is 13.5. The predicted octanol–water partition coefficient (Wildman–Crippen LogP) is -1.71. The molecule has 1 saturated carbocycles. The van der Waals surface area contributed by atoms with Crippen molar-refractivity contribution in [3.05, 3.63) is 0 Å². The van der Waals surface area contributed by atoms with Gasteiger partial charge in [0.2, 0.25) is 11.7 Å². The molecule has 0 unspecified atom stereocenters. The fraction of sp³-hybridized carbons (Fsp3) is 0.889. The fourth-order valence-electron chi connectivity index (χ4n) is 2.14. The van der Waals surface area contributed by atoms with Gasteiger partial charge in [0.25, 0.3) is 0 Å². The van der Waals surface area contributed by atoms with Crippen LogP contribution in [-0.2, 0) is 10.2 Å². The van der Waals surface area contributed by atoms with Crippen molar-refractivity contribution in [3.8, 4) is 0 Å². The molecule has 2 atom stereocenters. The van der Waals surface area contributed by atoms with Gasteiger partial charge in [-0.2, -0.15) is 12.7 Å². The molecule has 2 rings (SSSR count). The molecule has 2 aliphatic rings. The molecular formula is C9H18N4O4S. The largest absolute Gasteiger partial charge is 0.367 e. The third kappa shape index (κ3) is 2.07. The van der Waals surface area contributed by atoms with Crippen LogP contribution >= 0.6 is 0 Å². The Morgan fingerprint density at radius 2 is 1.94 bits per heavy atom. The quantitative estimate of drug-likeness (QED) is 0.480. The summed E-state index contributed by atoms with van der Waals surface area (Å²) in [5, 5.41) is 23.0. The number of hydrogen-bond acceptors (Lipinski definition) is 6. The van der Waals surface area contributed by atoms with Crippen LogP contribution in [0.2, 0.25) is 0 Å². The standard InChI is InChI=1S/C9H18N4O4S/c1-13(2)18(16,17)12-7-10-8(14)5-3-4-6-9(8,15)11-7/h14-15H,3-6H2,1-2H3,(H2,10,11,12)/t8-,9+. The zero-order valence-corrected chi connectivity index (χ0v) is 11.2. The normalized spacial score (nSPS) is 35.9. The molecule has 1 aliphatic heterocycles. The number of guanidine groups is 1. The van der Waals surface area contributed by atoms with Crippen molar-refractivity contribution in [2.24, 2.45) is 4.99 Å². The predicted molar refractivity (Wildman–Crippen MR) is 64.7 cm³/mol. The van der Waals surface area contributed by atoms with Crippen LogP contribution in [0.4, 0.5) is 0 Å². The van der Waals surface area contributed by atoms with E-state index in [0.29, 0.717) is 12.8 Å². The second-order valence-corrected chi connectivity index (χ2v) is 6.74. The van der Waals surface area contributed by atoms with E-state index in [1.54, 1.807) is 0 Å². The highest BCUT2D eigenvalue weighted by molar-refractivity contribution is 7.87. The first-order chi connectivity index (χ1) is 8.19. The molecule has 18 heavy (non-hydrogen) atoms. The third-order valence-corrected chi connectivity index (χ3v) is 4.72. The van der Waals surface area contributed by atoms with Crippen LogP contribution < -0.4 is 10.0 Å². The lowest BCUT2D eigenvalue weighted by atomic mass is 9.84. The summed E-state index contributed by atoms with van der Waals surface area (Å²) < 4.78 is 26.4. The van der Waals surface area contributed by atoms with Crippen molar-refractivity contribution in [1.82, 2.24) is 14.3 Å². The van der Waals surface area contributed by atoms with Crippen LogP contribution in [0, 0.1) is 0 Å². The summed E-state index contributed by atoms with van der Waals surface area (Å²) >= 11 is 0. The Bertz CT molecular complexity index is 477. The van der Waals surface area contributed by atoms with E-state index >= 15 is 0 Å². The second-order valence-electron chi connectivity index (χ2n) is 4.86. The molecule has 0 amide bonds. The van der Waals surface area contributed by atoms with Crippen molar-refractivity contribution in [2.45, 2.75) is 37.1 Å². The minimum Gasteiger partial charge on any atom is -0.367 e. The summed E-state index contributed by atoms with van der Waals surface area (Å²) in [4.78, 5) is 3.88. The summed E-state index contributed by atoms with van der Waals surface area (Å²) in [5.74, 6) is -0.129. The van der Waals surface area contributed by atoms with Crippen LogP contribution in [-0.4, -0.2) is 54.4 Å². The highest BCUT2D eigenvalue weighted by Crippen LogP contribution is 2.39. The molecule has 8 nitrogen and oxygen atoms in total. The monoisotopic (exact) mass is 278 g/mol. The van der Waals surface area contributed by atoms with E-state index in [4.69, 9.17) is 0 Å². The molecule has 1 fully saturated rings. The maximum Gasteiger partial charge on any atom is 0.303 e. The minimum absolute atomic E-state index is 0.129. The van der Waals surface area contributed by atoms with E-state index in [2.05, 4.69) is 15.0 Å². The van der Waals surface area contributed by atoms with Gasteiger partial charge >= 0.3 is 10.2 Å². The van der Waals surface area contributed by atoms with Gasteiger partial charge in [-0.15, -0.1) is 0 Å². The number of fused-ring (bicyclic) bond motifs is 1. The molecule has 1 aliphatic carbocycles. The zero-order chi connectivity index (χ0) is 13.6. The van der Waals surface area contributed by atoms with Crippen LogP contribution in [0.3, 0.4) is 0 Å². The number of hydrogen-bond donors (Lipinski definition) is 4. The Morgan fingerprint density at radius 1 is 1.33 bits per heavy atom. The van der Waals surface area contributed by atoms with Crippen molar-refractivity contribution >= 4 is 16.2 Å². The third-order valence-electron chi connectivity index (χ3n) is 3.30. The zero-order valence-electron chi connectivity index (χ0n) is 10.3.